The highest BCUT2D eigenvalue weighted by Gasteiger charge is 2.22. The van der Waals surface area contributed by atoms with Gasteiger partial charge in [-0.1, -0.05) is 188 Å². The van der Waals surface area contributed by atoms with E-state index in [9.17, 15) is 0 Å². The molecule has 12 aromatic rings. The molecule has 1 nitrogen and oxygen atoms in total. The fourth-order valence-corrected chi connectivity index (χ4v) is 9.45. The molecule has 0 unspecified atom stereocenters. The van der Waals surface area contributed by atoms with E-state index >= 15 is 0 Å². The van der Waals surface area contributed by atoms with Crippen molar-refractivity contribution in [1.29, 1.82) is 0 Å². The van der Waals surface area contributed by atoms with Crippen molar-refractivity contribution in [1.82, 2.24) is 0 Å². The zero-order chi connectivity index (χ0) is 37.5. The van der Waals surface area contributed by atoms with Gasteiger partial charge in [-0.15, -0.1) is 0 Å². The van der Waals surface area contributed by atoms with E-state index < -0.39 is 0 Å². The molecular formula is C56H34O. The Hall–Kier alpha value is -7.48. The maximum atomic E-state index is 6.95. The molecule has 0 radical (unpaired) electrons. The highest BCUT2D eigenvalue weighted by molar-refractivity contribution is 6.26. The zero-order valence-electron chi connectivity index (χ0n) is 31.0. The summed E-state index contributed by atoms with van der Waals surface area (Å²) >= 11 is 0. The Morgan fingerprint density at radius 2 is 0.754 bits per heavy atom. The third-order valence-corrected chi connectivity index (χ3v) is 12.1. The molecule has 0 spiro atoms. The molecule has 0 aliphatic carbocycles. The van der Waals surface area contributed by atoms with Gasteiger partial charge in [-0.05, 0) is 105 Å². The van der Waals surface area contributed by atoms with Gasteiger partial charge in [0, 0.05) is 21.9 Å². The maximum absolute atomic E-state index is 6.95. The lowest BCUT2D eigenvalue weighted by Gasteiger charge is -2.18. The topological polar surface area (TPSA) is 13.1 Å². The Bertz CT molecular complexity index is 3500. The van der Waals surface area contributed by atoms with Crippen molar-refractivity contribution in [3.05, 3.63) is 206 Å². The number of furan rings is 1. The molecule has 0 aliphatic rings. The second-order valence-electron chi connectivity index (χ2n) is 15.1. The minimum absolute atomic E-state index is 0.892. The van der Waals surface area contributed by atoms with Crippen LogP contribution in [0, 0.1) is 0 Å². The highest BCUT2D eigenvalue weighted by Crippen LogP contribution is 2.49. The molecule has 0 saturated carbocycles. The first-order valence-corrected chi connectivity index (χ1v) is 19.7. The van der Waals surface area contributed by atoms with Crippen LogP contribution in [0.5, 0.6) is 0 Å². The van der Waals surface area contributed by atoms with Gasteiger partial charge in [0.25, 0.3) is 0 Å². The number of rotatable bonds is 4. The second kappa shape index (κ2) is 12.5. The van der Waals surface area contributed by atoms with Crippen molar-refractivity contribution in [2.75, 3.05) is 0 Å². The predicted octanol–water partition coefficient (Wildman–Crippen LogP) is 16.0. The highest BCUT2D eigenvalue weighted by atomic mass is 16.3. The van der Waals surface area contributed by atoms with Gasteiger partial charge in [-0.2, -0.15) is 0 Å². The van der Waals surface area contributed by atoms with Crippen molar-refractivity contribution >= 4 is 75.8 Å². The molecule has 1 heterocycles. The fourth-order valence-electron chi connectivity index (χ4n) is 9.45. The van der Waals surface area contributed by atoms with Crippen LogP contribution in [0.1, 0.15) is 0 Å². The van der Waals surface area contributed by atoms with Crippen LogP contribution in [0.15, 0.2) is 211 Å². The summed E-state index contributed by atoms with van der Waals surface area (Å²) < 4.78 is 6.95. The van der Waals surface area contributed by atoms with Crippen LogP contribution in [0.2, 0.25) is 0 Å². The van der Waals surface area contributed by atoms with Crippen LogP contribution in [-0.4, -0.2) is 0 Å². The van der Waals surface area contributed by atoms with E-state index in [4.69, 9.17) is 4.42 Å². The molecule has 0 aliphatic heterocycles. The van der Waals surface area contributed by atoms with Gasteiger partial charge in [-0.25, -0.2) is 0 Å². The van der Waals surface area contributed by atoms with Crippen molar-refractivity contribution < 1.29 is 4.42 Å². The molecule has 0 atom stereocenters. The lowest BCUT2D eigenvalue weighted by molar-refractivity contribution is 0.670. The summed E-state index contributed by atoms with van der Waals surface area (Å²) in [7, 11) is 0. The largest absolute Gasteiger partial charge is 0.455 e. The summed E-state index contributed by atoms with van der Waals surface area (Å²) in [4.78, 5) is 0. The van der Waals surface area contributed by atoms with Gasteiger partial charge in [0.1, 0.15) is 11.2 Å². The standard InChI is InChI=1S/C56H34O/c1-2-12-35(13-3-1)36-22-24-38(25-23-36)53-46-16-6-8-18-48(46)54(49-19-9-7-17-47(49)53)51-33-32-43(55-50-20-10-11-21-52(50)57-56(51)55)40-27-29-42-39(34-40)28-31-44-41-15-5-4-14-37(41)26-30-45(42)44/h1-34H. The molecular weight excluding hydrogens is 689 g/mol. The lowest BCUT2D eigenvalue weighted by atomic mass is 9.84. The number of benzene rings is 11. The van der Waals surface area contributed by atoms with Crippen molar-refractivity contribution in [2.45, 2.75) is 0 Å². The molecule has 1 aromatic heterocycles. The molecule has 11 aromatic carbocycles. The SMILES string of the molecule is c1ccc(-c2ccc(-c3c4ccccc4c(-c4ccc(-c5ccc6c(ccc7c8ccccc8ccc67)c5)c5c4oc4ccccc45)c4ccccc34)cc2)cc1. The van der Waals surface area contributed by atoms with Gasteiger partial charge in [0.2, 0.25) is 0 Å². The van der Waals surface area contributed by atoms with Gasteiger partial charge < -0.3 is 4.42 Å². The van der Waals surface area contributed by atoms with Crippen LogP contribution in [-0.2, 0) is 0 Å². The fraction of sp³-hybridized carbons (Fsp3) is 0. The minimum atomic E-state index is 0.892. The van der Waals surface area contributed by atoms with Crippen molar-refractivity contribution in [3.63, 3.8) is 0 Å². The monoisotopic (exact) mass is 722 g/mol. The molecule has 0 fully saturated rings. The molecule has 12 rings (SSSR count). The molecule has 0 N–H and O–H groups in total. The van der Waals surface area contributed by atoms with E-state index in [0.717, 1.165) is 27.5 Å². The average Bonchev–Trinajstić information content (AvgIpc) is 3.68. The van der Waals surface area contributed by atoms with Crippen LogP contribution >= 0.6 is 0 Å². The predicted molar refractivity (Wildman–Crippen MR) is 243 cm³/mol. The molecule has 1 heteroatoms. The second-order valence-corrected chi connectivity index (χ2v) is 15.1. The van der Waals surface area contributed by atoms with Crippen LogP contribution in [0.4, 0.5) is 0 Å². The molecule has 0 amide bonds. The van der Waals surface area contributed by atoms with Crippen LogP contribution in [0.3, 0.4) is 0 Å². The number of para-hydroxylation sites is 1. The number of hydrogen-bond acceptors (Lipinski definition) is 1. The Morgan fingerprint density at radius 3 is 1.47 bits per heavy atom. The van der Waals surface area contributed by atoms with E-state index in [0.29, 0.717) is 0 Å². The Morgan fingerprint density at radius 1 is 0.263 bits per heavy atom. The van der Waals surface area contributed by atoms with Crippen molar-refractivity contribution in [3.8, 4) is 44.5 Å². The van der Waals surface area contributed by atoms with Crippen molar-refractivity contribution in [2.24, 2.45) is 0 Å². The van der Waals surface area contributed by atoms with E-state index in [-0.39, 0.29) is 0 Å². The summed E-state index contributed by atoms with van der Waals surface area (Å²) in [6.07, 6.45) is 0. The van der Waals surface area contributed by atoms with Gasteiger partial charge in [-0.3, -0.25) is 0 Å². The summed E-state index contributed by atoms with van der Waals surface area (Å²) in [5.41, 5.74) is 11.3. The molecule has 264 valence electrons. The lowest BCUT2D eigenvalue weighted by Crippen LogP contribution is -1.92. The first-order chi connectivity index (χ1) is 28.3. The minimum Gasteiger partial charge on any atom is -0.455 e. The first-order valence-electron chi connectivity index (χ1n) is 19.7. The zero-order valence-corrected chi connectivity index (χ0v) is 31.0. The smallest absolute Gasteiger partial charge is 0.143 e. The summed E-state index contributed by atoms with van der Waals surface area (Å²) in [5, 5.41) is 14.7. The van der Waals surface area contributed by atoms with E-state index in [1.165, 1.54) is 92.8 Å². The Kier molecular flexibility index (Phi) is 7.00. The van der Waals surface area contributed by atoms with E-state index in [1.807, 2.05) is 0 Å². The third-order valence-electron chi connectivity index (χ3n) is 12.1. The first kappa shape index (κ1) is 31.8. The maximum Gasteiger partial charge on any atom is 0.143 e. The molecule has 0 saturated heterocycles. The molecule has 57 heavy (non-hydrogen) atoms. The Balaban J connectivity index is 1.08. The third kappa shape index (κ3) is 4.89. The summed E-state index contributed by atoms with van der Waals surface area (Å²) in [6, 6.07) is 75.1. The quantitative estimate of drug-likeness (QED) is 0.130. The number of hydrogen-bond donors (Lipinski definition) is 0. The number of fused-ring (bicyclic) bond motifs is 10. The Labute approximate surface area is 329 Å². The van der Waals surface area contributed by atoms with Gasteiger partial charge in [0.05, 0.1) is 0 Å². The van der Waals surface area contributed by atoms with Crippen LogP contribution in [0.25, 0.3) is 120 Å². The van der Waals surface area contributed by atoms with Gasteiger partial charge >= 0.3 is 0 Å². The van der Waals surface area contributed by atoms with E-state index in [1.54, 1.807) is 0 Å². The normalized spacial score (nSPS) is 11.9. The average molecular weight is 723 g/mol. The van der Waals surface area contributed by atoms with Crippen LogP contribution < -0.4 is 0 Å². The van der Waals surface area contributed by atoms with E-state index in [2.05, 4.69) is 206 Å². The summed E-state index contributed by atoms with van der Waals surface area (Å²) in [6.45, 7) is 0. The molecule has 0 bridgehead atoms. The van der Waals surface area contributed by atoms with Gasteiger partial charge in [0.15, 0.2) is 0 Å². The summed E-state index contributed by atoms with van der Waals surface area (Å²) in [5.74, 6) is 0.